The highest BCUT2D eigenvalue weighted by atomic mass is 35.5. The van der Waals surface area contributed by atoms with Crippen molar-refractivity contribution in [3.63, 3.8) is 0 Å². The molecule has 2 fully saturated rings. The molecule has 1 unspecified atom stereocenters. The lowest BCUT2D eigenvalue weighted by atomic mass is 10.0. The Morgan fingerprint density at radius 3 is 2.66 bits per heavy atom. The molecule has 174 valence electrons. The summed E-state index contributed by atoms with van der Waals surface area (Å²) in [6.07, 6.45) is -0.156. The standard InChI is InChI=1S/C23H30ClFN4O2S/c1-27(2)13-17-14-29(15-17)32(25)26-19-8-9-20(21(24)12-19)23(30)28-10-11-31-22(16-28)18-6-4-3-5-7-18/h3-9,12,17,22,26,32H,10-11,13-16H2,1-2H3/t22-/m1/s1. The smallest absolute Gasteiger partial charge is 0.255 e. The van der Waals surface area contributed by atoms with Crippen LogP contribution in [0.15, 0.2) is 48.5 Å². The number of thiol groups is 1. The van der Waals surface area contributed by atoms with Crippen molar-refractivity contribution >= 4 is 34.8 Å². The molecule has 0 spiro atoms. The number of carbonyl (C=O) groups excluding carboxylic acids is 1. The number of hydrogen-bond acceptors (Lipinski definition) is 5. The summed E-state index contributed by atoms with van der Waals surface area (Å²) < 4.78 is 25.2. The van der Waals surface area contributed by atoms with Crippen molar-refractivity contribution < 1.29 is 13.4 Å². The Kier molecular flexibility index (Phi) is 7.58. The molecule has 2 aliphatic rings. The number of anilines is 1. The zero-order valence-corrected chi connectivity index (χ0v) is 20.0. The summed E-state index contributed by atoms with van der Waals surface area (Å²) in [5, 5.41) is 0.320. The molecule has 0 aliphatic carbocycles. The number of nitrogens with zero attached hydrogens (tertiary/aromatic N) is 3. The fourth-order valence-electron chi connectivity index (χ4n) is 4.13. The van der Waals surface area contributed by atoms with Gasteiger partial charge in [-0.25, -0.2) is 4.31 Å². The maximum atomic E-state index is 14.7. The van der Waals surface area contributed by atoms with Gasteiger partial charge < -0.3 is 19.3 Å². The van der Waals surface area contributed by atoms with Gasteiger partial charge in [0.25, 0.3) is 5.91 Å². The van der Waals surface area contributed by atoms with Crippen molar-refractivity contribution in [1.29, 1.82) is 0 Å². The maximum absolute atomic E-state index is 14.7. The molecule has 2 saturated heterocycles. The molecule has 2 heterocycles. The zero-order chi connectivity index (χ0) is 22.7. The summed E-state index contributed by atoms with van der Waals surface area (Å²) in [7, 11) is 4.06. The third kappa shape index (κ3) is 5.55. The van der Waals surface area contributed by atoms with Crippen LogP contribution < -0.4 is 4.72 Å². The van der Waals surface area contributed by atoms with Gasteiger partial charge in [0.2, 0.25) is 0 Å². The van der Waals surface area contributed by atoms with Crippen LogP contribution in [-0.2, 0) is 4.74 Å². The van der Waals surface area contributed by atoms with Gasteiger partial charge in [-0.3, -0.25) is 4.79 Å². The van der Waals surface area contributed by atoms with Crippen molar-refractivity contribution in [3.05, 3.63) is 64.7 Å². The second-order valence-electron chi connectivity index (χ2n) is 8.59. The summed E-state index contributed by atoms with van der Waals surface area (Å²) in [4.78, 5) is 17.0. The molecule has 32 heavy (non-hydrogen) atoms. The van der Waals surface area contributed by atoms with Crippen molar-refractivity contribution in [3.8, 4) is 0 Å². The fourth-order valence-corrected chi connectivity index (χ4v) is 5.63. The van der Waals surface area contributed by atoms with Crippen LogP contribution in [0.3, 0.4) is 0 Å². The van der Waals surface area contributed by atoms with Crippen LogP contribution in [0.1, 0.15) is 22.0 Å². The zero-order valence-electron chi connectivity index (χ0n) is 18.4. The molecule has 1 N–H and O–H groups in total. The molecule has 2 aliphatic heterocycles. The Balaban J connectivity index is 1.35. The lowest BCUT2D eigenvalue weighted by Crippen LogP contribution is -2.48. The second kappa shape index (κ2) is 10.4. The lowest BCUT2D eigenvalue weighted by molar-refractivity contribution is -0.0228. The van der Waals surface area contributed by atoms with Gasteiger partial charge in [0.1, 0.15) is 6.10 Å². The first-order chi connectivity index (χ1) is 15.4. The largest absolute Gasteiger partial charge is 0.370 e. The van der Waals surface area contributed by atoms with Crippen LogP contribution in [-0.4, -0.2) is 73.4 Å². The van der Waals surface area contributed by atoms with Gasteiger partial charge in [-0.1, -0.05) is 41.9 Å². The van der Waals surface area contributed by atoms with E-state index in [0.717, 1.165) is 25.2 Å². The predicted octanol–water partition coefficient (Wildman–Crippen LogP) is 4.17. The number of ether oxygens (including phenoxy) is 1. The highest BCUT2D eigenvalue weighted by Crippen LogP contribution is 2.39. The topological polar surface area (TPSA) is 48.0 Å². The third-order valence-electron chi connectivity index (χ3n) is 5.76. The molecule has 9 heteroatoms. The third-order valence-corrected chi connectivity index (χ3v) is 7.33. The molecule has 2 aromatic rings. The summed E-state index contributed by atoms with van der Waals surface area (Å²) in [5.41, 5.74) is 2.05. The summed E-state index contributed by atoms with van der Waals surface area (Å²) in [5.74, 6) is 0.368. The molecular weight excluding hydrogens is 451 g/mol. The number of morpholine rings is 1. The predicted molar refractivity (Wildman–Crippen MR) is 130 cm³/mol. The fraction of sp³-hybridized carbons (Fsp3) is 0.435. The molecule has 0 radical (unpaired) electrons. The molecule has 2 atom stereocenters. The average Bonchev–Trinajstić information content (AvgIpc) is 2.76. The molecule has 6 nitrogen and oxygen atoms in total. The van der Waals surface area contributed by atoms with E-state index >= 15 is 0 Å². The van der Waals surface area contributed by atoms with Crippen molar-refractivity contribution in [2.75, 3.05) is 58.1 Å². The van der Waals surface area contributed by atoms with E-state index in [1.54, 1.807) is 23.1 Å². The molecule has 4 rings (SSSR count). The van der Waals surface area contributed by atoms with Gasteiger partial charge in [-0.2, -0.15) is 3.89 Å². The van der Waals surface area contributed by atoms with Gasteiger partial charge in [-0.05, 0) is 43.8 Å². The highest BCUT2D eigenvalue weighted by molar-refractivity contribution is 8.11. The molecule has 2 aromatic carbocycles. The summed E-state index contributed by atoms with van der Waals surface area (Å²) in [6, 6.07) is 14.9. The van der Waals surface area contributed by atoms with Crippen molar-refractivity contribution in [2.24, 2.45) is 5.92 Å². The first-order valence-corrected chi connectivity index (χ1v) is 12.3. The van der Waals surface area contributed by atoms with E-state index in [1.165, 1.54) is 0 Å². The van der Waals surface area contributed by atoms with E-state index in [2.05, 4.69) is 9.62 Å². The lowest BCUT2D eigenvalue weighted by Gasteiger charge is -2.43. The van der Waals surface area contributed by atoms with E-state index in [4.69, 9.17) is 16.3 Å². The van der Waals surface area contributed by atoms with E-state index < -0.39 is 11.7 Å². The summed E-state index contributed by atoms with van der Waals surface area (Å²) in [6.45, 7) is 3.91. The minimum absolute atomic E-state index is 0.137. The number of benzene rings is 2. The van der Waals surface area contributed by atoms with E-state index in [1.807, 2.05) is 48.7 Å². The normalized spacial score (nSPS) is 21.3. The van der Waals surface area contributed by atoms with Gasteiger partial charge >= 0.3 is 0 Å². The highest BCUT2D eigenvalue weighted by Gasteiger charge is 2.31. The Bertz CT molecular complexity index is 929. The van der Waals surface area contributed by atoms with E-state index in [-0.39, 0.29) is 12.0 Å². The molecule has 0 saturated carbocycles. The van der Waals surface area contributed by atoms with E-state index in [9.17, 15) is 8.68 Å². The van der Waals surface area contributed by atoms with Crippen molar-refractivity contribution in [2.45, 2.75) is 6.10 Å². The number of carbonyl (C=O) groups is 1. The SMILES string of the molecule is CN(C)CC1CN([SH](F)Nc2ccc(C(=O)N3CCO[C@@H](c4ccccc4)C3)c(Cl)c2)C1. The number of halogens is 2. The van der Waals surface area contributed by atoms with Crippen LogP contribution in [0.2, 0.25) is 5.02 Å². The Hall–Kier alpha value is -1.84. The molecule has 1 amide bonds. The summed E-state index contributed by atoms with van der Waals surface area (Å²) >= 11 is 4.47. The maximum Gasteiger partial charge on any atom is 0.255 e. The van der Waals surface area contributed by atoms with Gasteiger partial charge in [0, 0.05) is 43.5 Å². The van der Waals surface area contributed by atoms with Gasteiger partial charge in [0.05, 0.1) is 23.7 Å². The van der Waals surface area contributed by atoms with Crippen LogP contribution in [0, 0.1) is 5.92 Å². The second-order valence-corrected chi connectivity index (χ2v) is 10.3. The first-order valence-electron chi connectivity index (χ1n) is 10.8. The van der Waals surface area contributed by atoms with E-state index in [0.29, 0.717) is 41.9 Å². The number of amides is 1. The Labute approximate surface area is 197 Å². The van der Waals surface area contributed by atoms with Gasteiger partial charge in [-0.15, -0.1) is 0 Å². The average molecular weight is 481 g/mol. The Morgan fingerprint density at radius 1 is 1.22 bits per heavy atom. The first kappa shape index (κ1) is 23.3. The monoisotopic (exact) mass is 480 g/mol. The minimum Gasteiger partial charge on any atom is -0.370 e. The van der Waals surface area contributed by atoms with Crippen LogP contribution in [0.4, 0.5) is 9.57 Å². The van der Waals surface area contributed by atoms with Gasteiger partial charge in [0.15, 0.2) is 0 Å². The number of rotatable bonds is 7. The van der Waals surface area contributed by atoms with Crippen LogP contribution in [0.25, 0.3) is 0 Å². The van der Waals surface area contributed by atoms with Crippen LogP contribution >= 0.6 is 23.3 Å². The van der Waals surface area contributed by atoms with Crippen molar-refractivity contribution in [1.82, 2.24) is 14.1 Å². The number of hydrogen-bond donors (Lipinski definition) is 2. The Morgan fingerprint density at radius 2 is 1.97 bits per heavy atom. The molecule has 0 bridgehead atoms. The van der Waals surface area contributed by atoms with Crippen LogP contribution in [0.5, 0.6) is 0 Å². The molecule has 0 aromatic heterocycles. The minimum atomic E-state index is -1.97. The number of nitrogens with one attached hydrogen (secondary N) is 1. The molecular formula is C23H30ClFN4O2S. The quantitative estimate of drug-likeness (QED) is 0.582.